The maximum atomic E-state index is 8.83. The van der Waals surface area contributed by atoms with Crippen molar-refractivity contribution in [3.8, 4) is 11.1 Å². The molecule has 3 N–H and O–H groups in total. The third-order valence-corrected chi connectivity index (χ3v) is 3.96. The molecule has 0 radical (unpaired) electrons. The molecule has 134 valence electrons. The number of benzene rings is 2. The Kier molecular flexibility index (Phi) is 5.18. The van der Waals surface area contributed by atoms with Crippen LogP contribution >= 0.6 is 0 Å². The summed E-state index contributed by atoms with van der Waals surface area (Å²) in [6.07, 6.45) is 4.32. The van der Waals surface area contributed by atoms with Crippen LogP contribution in [-0.2, 0) is 0 Å². The minimum atomic E-state index is -4.19. The molecule has 0 atom stereocenters. The molecular weight excluding hydrogens is 354 g/mol. The molecule has 6 heteroatoms. The normalized spacial score (nSPS) is 11.9. The Hall–Kier alpha value is -2.54. The Labute approximate surface area is 152 Å². The van der Waals surface area contributed by atoms with E-state index in [1.165, 1.54) is 33.0 Å². The molecule has 0 spiro atoms. The molecule has 0 bridgehead atoms. The van der Waals surface area contributed by atoms with Crippen molar-refractivity contribution >= 4 is 16.3 Å². The Morgan fingerprint density at radius 1 is 0.885 bits per heavy atom. The van der Waals surface area contributed by atoms with Gasteiger partial charge < -0.3 is 0 Å². The van der Waals surface area contributed by atoms with Gasteiger partial charge >= 0.3 is 28.9 Å². The molecule has 2 heterocycles. The first-order chi connectivity index (χ1) is 12.3. The van der Waals surface area contributed by atoms with Crippen molar-refractivity contribution in [2.45, 2.75) is 6.92 Å². The Bertz CT molecular complexity index is 1040. The molecule has 26 heavy (non-hydrogen) atoms. The first-order valence-corrected chi connectivity index (χ1v) is 9.20. The molecule has 0 aliphatic rings. The molecule has 0 amide bonds. The fourth-order valence-electron chi connectivity index (χ4n) is 2.98. The number of halogens is 1. The van der Waals surface area contributed by atoms with Gasteiger partial charge in [0, 0.05) is 22.9 Å². The van der Waals surface area contributed by atoms with Gasteiger partial charge in [-0.15, -0.1) is 0 Å². The van der Waals surface area contributed by atoms with Crippen molar-refractivity contribution in [2.24, 2.45) is 0 Å². The summed E-state index contributed by atoms with van der Waals surface area (Å²) in [6, 6.07) is 23.7. The number of rotatable bonds is 1. The summed E-state index contributed by atoms with van der Waals surface area (Å²) >= 11 is 0. The van der Waals surface area contributed by atoms with Gasteiger partial charge in [-0.2, -0.15) is 4.40 Å². The summed E-state index contributed by atoms with van der Waals surface area (Å²) in [5.41, 5.74) is 5.09. The van der Waals surface area contributed by atoms with Crippen molar-refractivity contribution in [1.29, 1.82) is 0 Å². The van der Waals surface area contributed by atoms with Crippen LogP contribution in [0.4, 0.5) is 0 Å². The van der Waals surface area contributed by atoms with E-state index in [9.17, 15) is 0 Å². The van der Waals surface area contributed by atoms with E-state index >= 15 is 0 Å². The molecule has 2 aromatic heterocycles. The first-order valence-electron chi connectivity index (χ1n) is 7.88. The second-order valence-corrected chi connectivity index (χ2v) is 6.76. The van der Waals surface area contributed by atoms with Crippen LogP contribution in [0.2, 0.25) is 0 Å². The summed E-state index contributed by atoms with van der Waals surface area (Å²) in [7, 11) is -4.19. The SMILES string of the molecule is Cc1ccc2c[n+]3ccccc3c(-c3ccccc3)c2c1.[O-][Cl+](O)(O)O. The van der Waals surface area contributed by atoms with E-state index in [4.69, 9.17) is 18.6 Å². The zero-order valence-electron chi connectivity index (χ0n) is 14.1. The molecule has 5 nitrogen and oxygen atoms in total. The third kappa shape index (κ3) is 4.35. The second-order valence-electron chi connectivity index (χ2n) is 5.89. The summed E-state index contributed by atoms with van der Waals surface area (Å²) in [5.74, 6) is 0. The van der Waals surface area contributed by atoms with Gasteiger partial charge in [0.2, 0.25) is 5.52 Å². The molecule has 4 aromatic rings. The van der Waals surface area contributed by atoms with E-state index < -0.39 is 10.2 Å². The Morgan fingerprint density at radius 3 is 2.23 bits per heavy atom. The number of pyridine rings is 2. The van der Waals surface area contributed by atoms with Gasteiger partial charge in [0.25, 0.3) is 0 Å². The quantitative estimate of drug-likeness (QED) is 0.350. The summed E-state index contributed by atoms with van der Waals surface area (Å²) in [4.78, 5) is 0. The van der Waals surface area contributed by atoms with Gasteiger partial charge in [-0.25, -0.2) is 0 Å². The average molecular weight is 373 g/mol. The van der Waals surface area contributed by atoms with Crippen LogP contribution in [0.3, 0.4) is 0 Å². The standard InChI is InChI=1S/C20H16N.ClH3O4/c1-15-10-11-17-14-21-12-6-5-9-19(21)20(18(17)13-15)16-7-3-2-4-8-16;2-1(3,4)5/h2-14H,1H3;2-4H/q+1;. The van der Waals surface area contributed by atoms with Crippen LogP contribution in [0.15, 0.2) is 79.1 Å². The summed E-state index contributed by atoms with van der Waals surface area (Å²) in [5, 5.41) is 2.58. The Morgan fingerprint density at radius 2 is 1.54 bits per heavy atom. The molecule has 0 saturated carbocycles. The monoisotopic (exact) mass is 372 g/mol. The predicted octanol–water partition coefficient (Wildman–Crippen LogP) is 1.69. The number of nitrogens with zero attached hydrogens (tertiary/aromatic N) is 1. The van der Waals surface area contributed by atoms with Gasteiger partial charge in [-0.3, -0.25) is 0 Å². The number of aryl methyl sites for hydroxylation is 1. The van der Waals surface area contributed by atoms with Gasteiger partial charge in [0.1, 0.15) is 0 Å². The maximum absolute atomic E-state index is 8.83. The number of aromatic nitrogens is 1. The van der Waals surface area contributed by atoms with Gasteiger partial charge in [0.05, 0.1) is 5.56 Å². The van der Waals surface area contributed by atoms with Crippen LogP contribution in [0.5, 0.6) is 0 Å². The fraction of sp³-hybridized carbons (Fsp3) is 0.0500. The molecule has 0 aliphatic heterocycles. The molecule has 2 aromatic carbocycles. The fourth-order valence-corrected chi connectivity index (χ4v) is 2.98. The van der Waals surface area contributed by atoms with Crippen molar-refractivity contribution in [3.63, 3.8) is 0 Å². The topological polar surface area (TPSA) is 87.9 Å². The number of fused-ring (bicyclic) bond motifs is 2. The van der Waals surface area contributed by atoms with Crippen molar-refractivity contribution in [2.75, 3.05) is 0 Å². The predicted molar refractivity (Wildman–Crippen MR) is 93.9 cm³/mol. The minimum absolute atomic E-state index is 1.24. The van der Waals surface area contributed by atoms with Gasteiger partial charge in [-0.1, -0.05) is 48.0 Å². The van der Waals surface area contributed by atoms with E-state index in [1.54, 1.807) is 0 Å². The van der Waals surface area contributed by atoms with E-state index in [-0.39, 0.29) is 0 Å². The first kappa shape index (κ1) is 18.3. The van der Waals surface area contributed by atoms with Crippen LogP contribution in [0, 0.1) is 17.2 Å². The van der Waals surface area contributed by atoms with E-state index in [1.807, 2.05) is 0 Å². The van der Waals surface area contributed by atoms with Crippen molar-refractivity contribution in [1.82, 2.24) is 0 Å². The average Bonchev–Trinajstić information content (AvgIpc) is 2.59. The molecule has 0 fully saturated rings. The second kappa shape index (κ2) is 7.37. The van der Waals surface area contributed by atoms with E-state index in [0.29, 0.717) is 0 Å². The van der Waals surface area contributed by atoms with Crippen LogP contribution < -0.4 is 9.06 Å². The summed E-state index contributed by atoms with van der Waals surface area (Å²) < 4.78 is 32.4. The third-order valence-electron chi connectivity index (χ3n) is 3.96. The zero-order chi connectivity index (χ0) is 18.7. The zero-order valence-corrected chi connectivity index (χ0v) is 14.8. The number of hydrogen-bond acceptors (Lipinski definition) is 4. The van der Waals surface area contributed by atoms with Crippen LogP contribution in [-0.4, -0.2) is 14.0 Å². The molecular formula is C20H19ClNO4+. The van der Waals surface area contributed by atoms with Gasteiger partial charge in [-0.05, 0) is 24.6 Å². The molecule has 0 unspecified atom stereocenters. The Balaban J connectivity index is 0.000000349. The van der Waals surface area contributed by atoms with Gasteiger partial charge in [0.15, 0.2) is 12.4 Å². The van der Waals surface area contributed by atoms with E-state index in [2.05, 4.69) is 90.4 Å². The van der Waals surface area contributed by atoms with Crippen molar-refractivity contribution in [3.05, 3.63) is 84.7 Å². The summed E-state index contributed by atoms with van der Waals surface area (Å²) in [6.45, 7) is 2.15. The van der Waals surface area contributed by atoms with Crippen LogP contribution in [0.25, 0.3) is 27.4 Å². The van der Waals surface area contributed by atoms with Crippen molar-refractivity contribution < 1.29 is 33.3 Å². The number of hydrogen-bond donors (Lipinski definition) is 3. The molecule has 0 aliphatic carbocycles. The van der Waals surface area contributed by atoms with E-state index in [0.717, 1.165) is 0 Å². The molecule has 4 rings (SSSR count). The molecule has 0 saturated heterocycles. The van der Waals surface area contributed by atoms with Crippen LogP contribution in [0.1, 0.15) is 5.56 Å².